The monoisotopic (exact) mass is 486 g/mol. The molecule has 3 N–H and O–H groups in total. The molecule has 0 fully saturated rings. The number of hydrogen-bond acceptors (Lipinski definition) is 4. The Labute approximate surface area is 177 Å². The molecule has 0 aliphatic rings. The molecule has 7 nitrogen and oxygen atoms in total. The third kappa shape index (κ3) is 8.80. The number of ether oxygens (including phenoxy) is 1. The first-order valence-electron chi connectivity index (χ1n) is 8.65. The third-order valence-corrected chi connectivity index (χ3v) is 3.62. The number of methoxy groups -OCH3 is 1. The molecular formula is C19H27IN4O3. The number of hydrogen-bond donors (Lipinski definition) is 3. The maximum absolute atomic E-state index is 12.0. The standard InChI is InChI=1S/C19H26N4O3.HI/c1-3-20-19(21-11-10-17-5-4-12-26-17)23-14-18(24)22-13-15-6-8-16(25-2)9-7-15;/h4-9,12H,3,10-11,13-14H2,1-2H3,(H,22,24)(H2,20,21,23);1H. The highest BCUT2D eigenvalue weighted by Gasteiger charge is 2.03. The zero-order chi connectivity index (χ0) is 18.6. The van der Waals surface area contributed by atoms with E-state index in [2.05, 4.69) is 20.9 Å². The van der Waals surface area contributed by atoms with Crippen LogP contribution in [0.15, 0.2) is 52.1 Å². The van der Waals surface area contributed by atoms with Crippen molar-refractivity contribution in [1.29, 1.82) is 0 Å². The molecule has 0 saturated heterocycles. The molecule has 0 bridgehead atoms. The highest BCUT2D eigenvalue weighted by molar-refractivity contribution is 14.0. The number of carbonyl (C=O) groups excluding carboxylic acids is 1. The molecule has 0 radical (unpaired) electrons. The second kappa shape index (κ2) is 13.0. The number of rotatable bonds is 9. The smallest absolute Gasteiger partial charge is 0.242 e. The van der Waals surface area contributed by atoms with Gasteiger partial charge in [0.1, 0.15) is 18.1 Å². The van der Waals surface area contributed by atoms with Crippen LogP contribution < -0.4 is 20.7 Å². The van der Waals surface area contributed by atoms with Crippen molar-refractivity contribution in [3.05, 3.63) is 54.0 Å². The van der Waals surface area contributed by atoms with Crippen molar-refractivity contribution in [3.63, 3.8) is 0 Å². The van der Waals surface area contributed by atoms with Crippen LogP contribution in [-0.2, 0) is 17.8 Å². The highest BCUT2D eigenvalue weighted by Crippen LogP contribution is 2.10. The topological polar surface area (TPSA) is 87.9 Å². The predicted molar refractivity (Wildman–Crippen MR) is 117 cm³/mol. The summed E-state index contributed by atoms with van der Waals surface area (Å²) < 4.78 is 10.4. The van der Waals surface area contributed by atoms with Crippen LogP contribution in [0.3, 0.4) is 0 Å². The average Bonchev–Trinajstić information content (AvgIpc) is 3.18. The van der Waals surface area contributed by atoms with E-state index in [-0.39, 0.29) is 36.4 Å². The lowest BCUT2D eigenvalue weighted by atomic mass is 10.2. The second-order valence-electron chi connectivity index (χ2n) is 5.58. The summed E-state index contributed by atoms with van der Waals surface area (Å²) in [5, 5.41) is 9.16. The molecule has 148 valence electrons. The number of guanidine groups is 1. The Bertz CT molecular complexity index is 687. The van der Waals surface area contributed by atoms with Gasteiger partial charge in [-0.1, -0.05) is 12.1 Å². The molecule has 0 spiro atoms. The number of halogens is 1. The normalized spacial score (nSPS) is 10.7. The number of nitrogens with zero attached hydrogens (tertiary/aromatic N) is 1. The summed E-state index contributed by atoms with van der Waals surface area (Å²) in [5.41, 5.74) is 1.01. The van der Waals surface area contributed by atoms with Crippen molar-refractivity contribution < 1.29 is 13.9 Å². The number of aliphatic imine (C=N–C) groups is 1. The fourth-order valence-corrected chi connectivity index (χ4v) is 2.25. The van der Waals surface area contributed by atoms with Gasteiger partial charge in [0.15, 0.2) is 5.96 Å². The molecule has 2 rings (SSSR count). The summed E-state index contributed by atoms with van der Waals surface area (Å²) in [5.74, 6) is 2.17. The van der Waals surface area contributed by atoms with E-state index in [9.17, 15) is 4.79 Å². The first-order valence-corrected chi connectivity index (χ1v) is 8.65. The maximum atomic E-state index is 12.0. The minimum absolute atomic E-state index is 0. The summed E-state index contributed by atoms with van der Waals surface area (Å²) in [4.78, 5) is 16.3. The van der Waals surface area contributed by atoms with Gasteiger partial charge in [0.25, 0.3) is 0 Å². The molecule has 1 amide bonds. The van der Waals surface area contributed by atoms with E-state index in [0.29, 0.717) is 19.0 Å². The fraction of sp³-hybridized carbons (Fsp3) is 0.368. The summed E-state index contributed by atoms with van der Waals surface area (Å²) in [6.45, 7) is 3.90. The molecule has 0 atom stereocenters. The quantitative estimate of drug-likeness (QED) is 0.288. The van der Waals surface area contributed by atoms with E-state index in [4.69, 9.17) is 9.15 Å². The first-order chi connectivity index (χ1) is 12.7. The van der Waals surface area contributed by atoms with Gasteiger partial charge in [-0.3, -0.25) is 4.79 Å². The molecule has 8 heteroatoms. The zero-order valence-corrected chi connectivity index (χ0v) is 18.0. The van der Waals surface area contributed by atoms with Gasteiger partial charge >= 0.3 is 0 Å². The molecule has 0 aliphatic heterocycles. The van der Waals surface area contributed by atoms with Crippen LogP contribution >= 0.6 is 24.0 Å². The van der Waals surface area contributed by atoms with Crippen LogP contribution in [0.1, 0.15) is 18.2 Å². The van der Waals surface area contributed by atoms with Gasteiger partial charge in [-0.25, -0.2) is 4.99 Å². The number of carbonyl (C=O) groups is 1. The van der Waals surface area contributed by atoms with E-state index < -0.39 is 0 Å². The fourth-order valence-electron chi connectivity index (χ4n) is 2.25. The number of amides is 1. The van der Waals surface area contributed by atoms with Crippen LogP contribution in [0.25, 0.3) is 0 Å². The average molecular weight is 486 g/mol. The molecule has 1 aromatic heterocycles. The second-order valence-corrected chi connectivity index (χ2v) is 5.58. The van der Waals surface area contributed by atoms with Crippen molar-refractivity contribution in [3.8, 4) is 5.75 Å². The summed E-state index contributed by atoms with van der Waals surface area (Å²) >= 11 is 0. The molecule has 0 unspecified atom stereocenters. The van der Waals surface area contributed by atoms with Gasteiger partial charge in [0.05, 0.1) is 13.4 Å². The van der Waals surface area contributed by atoms with Gasteiger partial charge in [-0.05, 0) is 36.8 Å². The van der Waals surface area contributed by atoms with Crippen molar-refractivity contribution in [2.45, 2.75) is 19.9 Å². The van der Waals surface area contributed by atoms with Crippen LogP contribution in [0, 0.1) is 0 Å². The minimum atomic E-state index is -0.135. The summed E-state index contributed by atoms with van der Waals surface area (Å²) in [6, 6.07) is 11.4. The number of benzene rings is 1. The zero-order valence-electron chi connectivity index (χ0n) is 15.7. The molecule has 1 aromatic carbocycles. The van der Waals surface area contributed by atoms with Crippen LogP contribution in [-0.4, -0.2) is 38.6 Å². The minimum Gasteiger partial charge on any atom is -0.497 e. The molecule has 0 aliphatic carbocycles. The van der Waals surface area contributed by atoms with Gasteiger partial charge in [-0.2, -0.15) is 0 Å². The Morgan fingerprint density at radius 1 is 1.15 bits per heavy atom. The largest absolute Gasteiger partial charge is 0.497 e. The lowest BCUT2D eigenvalue weighted by molar-refractivity contribution is -0.119. The van der Waals surface area contributed by atoms with Gasteiger partial charge in [0.2, 0.25) is 5.91 Å². The van der Waals surface area contributed by atoms with Gasteiger partial charge in [0, 0.05) is 26.1 Å². The maximum Gasteiger partial charge on any atom is 0.242 e. The Morgan fingerprint density at radius 2 is 1.93 bits per heavy atom. The molecule has 27 heavy (non-hydrogen) atoms. The van der Waals surface area contributed by atoms with Crippen LogP contribution in [0.4, 0.5) is 0 Å². The molecular weight excluding hydrogens is 459 g/mol. The first kappa shape index (κ1) is 22.8. The van der Waals surface area contributed by atoms with Crippen molar-refractivity contribution in [1.82, 2.24) is 16.0 Å². The lowest BCUT2D eigenvalue weighted by Gasteiger charge is -2.11. The van der Waals surface area contributed by atoms with E-state index >= 15 is 0 Å². The van der Waals surface area contributed by atoms with E-state index in [1.165, 1.54) is 0 Å². The summed E-state index contributed by atoms with van der Waals surface area (Å²) in [7, 11) is 1.62. The number of furan rings is 1. The SMILES string of the molecule is CCNC(=NCC(=O)NCc1ccc(OC)cc1)NCCc1ccco1.I. The third-order valence-electron chi connectivity index (χ3n) is 3.62. The summed E-state index contributed by atoms with van der Waals surface area (Å²) in [6.07, 6.45) is 2.41. The van der Waals surface area contributed by atoms with Crippen LogP contribution in [0.2, 0.25) is 0 Å². The van der Waals surface area contributed by atoms with Crippen molar-refractivity contribution in [2.24, 2.45) is 4.99 Å². The Hall–Kier alpha value is -2.23. The molecule has 1 heterocycles. The Morgan fingerprint density at radius 3 is 2.56 bits per heavy atom. The van der Waals surface area contributed by atoms with E-state index in [1.54, 1.807) is 13.4 Å². The van der Waals surface area contributed by atoms with Crippen molar-refractivity contribution >= 4 is 35.8 Å². The Kier molecular flexibility index (Phi) is 11.0. The highest BCUT2D eigenvalue weighted by atomic mass is 127. The number of nitrogens with one attached hydrogen (secondary N) is 3. The van der Waals surface area contributed by atoms with E-state index in [0.717, 1.165) is 30.0 Å². The van der Waals surface area contributed by atoms with E-state index in [1.807, 2.05) is 43.3 Å². The molecule has 2 aromatic rings. The predicted octanol–water partition coefficient (Wildman–Crippen LogP) is 2.32. The van der Waals surface area contributed by atoms with Crippen molar-refractivity contribution in [2.75, 3.05) is 26.7 Å². The molecule has 0 saturated carbocycles. The van der Waals surface area contributed by atoms with Crippen LogP contribution in [0.5, 0.6) is 5.75 Å². The lowest BCUT2D eigenvalue weighted by Crippen LogP contribution is -2.39. The Balaban J connectivity index is 0.00000364. The van der Waals surface area contributed by atoms with Gasteiger partial charge < -0.3 is 25.1 Å². The van der Waals surface area contributed by atoms with Gasteiger partial charge in [-0.15, -0.1) is 24.0 Å².